The van der Waals surface area contributed by atoms with E-state index in [4.69, 9.17) is 0 Å². The van der Waals surface area contributed by atoms with Crippen molar-refractivity contribution in [1.82, 2.24) is 4.73 Å². The summed E-state index contributed by atoms with van der Waals surface area (Å²) < 4.78 is 1.17. The molecule has 0 aromatic carbocycles. The summed E-state index contributed by atoms with van der Waals surface area (Å²) >= 11 is 1.11. The zero-order valence-corrected chi connectivity index (χ0v) is 5.14. The number of rotatable bonds is 1. The van der Waals surface area contributed by atoms with E-state index in [0.717, 1.165) is 11.3 Å². The van der Waals surface area contributed by atoms with Crippen LogP contribution in [-0.2, 0) is 0 Å². The van der Waals surface area contributed by atoms with Crippen LogP contribution in [0, 0.1) is 0 Å². The Morgan fingerprint density at radius 1 is 1.88 bits per heavy atom. The van der Waals surface area contributed by atoms with E-state index in [9.17, 15) is 4.79 Å². The van der Waals surface area contributed by atoms with E-state index >= 15 is 0 Å². The summed E-state index contributed by atoms with van der Waals surface area (Å²) in [6, 6.07) is 0. The highest BCUT2D eigenvalue weighted by Gasteiger charge is 1.89. The van der Waals surface area contributed by atoms with Gasteiger partial charge >= 0.3 is 4.87 Å². The predicted octanol–water partition coefficient (Wildman–Crippen LogP) is -0.0318. The average Bonchev–Trinajstić information content (AvgIpc) is 2.14. The zero-order valence-electron chi connectivity index (χ0n) is 4.33. The summed E-state index contributed by atoms with van der Waals surface area (Å²) in [7, 11) is 1.45. The molecule has 0 saturated carbocycles. The van der Waals surface area contributed by atoms with E-state index in [-0.39, 0.29) is 4.87 Å². The molecule has 1 rings (SSSR count). The SMILES string of the molecule is COn1ccsc1=O. The zero-order chi connectivity index (χ0) is 5.98. The molecule has 4 heteroatoms. The Kier molecular flexibility index (Phi) is 1.34. The standard InChI is InChI=1S/C4H5NO2S/c1-7-5-2-3-8-4(5)6/h2-3H,1H3. The largest absolute Gasteiger partial charge is 0.413 e. The molecule has 0 fully saturated rings. The van der Waals surface area contributed by atoms with Gasteiger partial charge in [0.2, 0.25) is 0 Å². The van der Waals surface area contributed by atoms with Gasteiger partial charge in [-0.2, -0.15) is 0 Å². The van der Waals surface area contributed by atoms with Crippen molar-refractivity contribution in [1.29, 1.82) is 0 Å². The quantitative estimate of drug-likeness (QED) is 0.536. The average molecular weight is 131 g/mol. The van der Waals surface area contributed by atoms with Crippen LogP contribution in [0.25, 0.3) is 0 Å². The Hall–Kier alpha value is -0.770. The summed E-state index contributed by atoms with van der Waals surface area (Å²) in [5, 5.41) is 1.67. The minimum absolute atomic E-state index is 0.0903. The van der Waals surface area contributed by atoms with Crippen molar-refractivity contribution in [2.24, 2.45) is 0 Å². The second-order valence-electron chi connectivity index (χ2n) is 1.18. The summed E-state index contributed by atoms with van der Waals surface area (Å²) in [6.45, 7) is 0. The van der Waals surface area contributed by atoms with Crippen molar-refractivity contribution in [3.05, 3.63) is 21.2 Å². The molecule has 0 spiro atoms. The number of aromatic nitrogens is 1. The minimum Gasteiger partial charge on any atom is -0.413 e. The monoisotopic (exact) mass is 131 g/mol. The molecule has 0 saturated heterocycles. The fourth-order valence-electron chi connectivity index (χ4n) is 0.392. The summed E-state index contributed by atoms with van der Waals surface area (Å²) in [5.41, 5.74) is 0. The first-order valence-corrected chi connectivity index (χ1v) is 2.93. The van der Waals surface area contributed by atoms with Crippen molar-refractivity contribution in [2.45, 2.75) is 0 Å². The van der Waals surface area contributed by atoms with Gasteiger partial charge in [-0.05, 0) is 0 Å². The van der Waals surface area contributed by atoms with Gasteiger partial charge in [0.1, 0.15) is 7.11 Å². The van der Waals surface area contributed by atoms with Gasteiger partial charge in [-0.15, -0.1) is 4.73 Å². The molecule has 1 aromatic heterocycles. The van der Waals surface area contributed by atoms with E-state index in [2.05, 4.69) is 4.84 Å². The fourth-order valence-corrected chi connectivity index (χ4v) is 0.919. The molecule has 3 nitrogen and oxygen atoms in total. The number of hydrogen-bond acceptors (Lipinski definition) is 3. The van der Waals surface area contributed by atoms with E-state index in [1.807, 2.05) is 0 Å². The van der Waals surface area contributed by atoms with Crippen molar-refractivity contribution < 1.29 is 4.84 Å². The van der Waals surface area contributed by atoms with Gasteiger partial charge in [-0.3, -0.25) is 4.79 Å². The highest BCUT2D eigenvalue weighted by atomic mass is 32.1. The highest BCUT2D eigenvalue weighted by molar-refractivity contribution is 7.07. The first kappa shape index (κ1) is 5.37. The molecular weight excluding hydrogens is 126 g/mol. The molecule has 0 atom stereocenters. The van der Waals surface area contributed by atoms with E-state index < -0.39 is 0 Å². The third kappa shape index (κ3) is 0.742. The Labute approximate surface area is 50.1 Å². The minimum atomic E-state index is -0.0903. The van der Waals surface area contributed by atoms with Crippen LogP contribution in [0.5, 0.6) is 0 Å². The molecule has 1 heterocycles. The van der Waals surface area contributed by atoms with Crippen LogP contribution in [0.4, 0.5) is 0 Å². The molecule has 0 radical (unpaired) electrons. The second-order valence-corrected chi connectivity index (χ2v) is 2.03. The molecule has 44 valence electrons. The van der Waals surface area contributed by atoms with Crippen LogP contribution >= 0.6 is 11.3 Å². The van der Waals surface area contributed by atoms with Crippen molar-refractivity contribution >= 4 is 11.3 Å². The first-order valence-electron chi connectivity index (χ1n) is 2.05. The molecule has 0 bridgehead atoms. The Morgan fingerprint density at radius 3 is 2.88 bits per heavy atom. The molecule has 0 unspecified atom stereocenters. The van der Waals surface area contributed by atoms with Gasteiger partial charge in [0.25, 0.3) is 0 Å². The van der Waals surface area contributed by atoms with Crippen molar-refractivity contribution in [2.75, 3.05) is 7.11 Å². The van der Waals surface area contributed by atoms with Crippen LogP contribution in [0.1, 0.15) is 0 Å². The van der Waals surface area contributed by atoms with Crippen LogP contribution in [0.15, 0.2) is 16.4 Å². The van der Waals surface area contributed by atoms with Crippen LogP contribution < -0.4 is 9.71 Å². The maximum absolute atomic E-state index is 10.5. The van der Waals surface area contributed by atoms with E-state index in [1.54, 1.807) is 11.6 Å². The van der Waals surface area contributed by atoms with E-state index in [0.29, 0.717) is 0 Å². The molecule has 0 aliphatic rings. The summed E-state index contributed by atoms with van der Waals surface area (Å²) in [6.07, 6.45) is 1.58. The maximum Gasteiger partial charge on any atom is 0.339 e. The van der Waals surface area contributed by atoms with Crippen LogP contribution in [0.3, 0.4) is 0 Å². The van der Waals surface area contributed by atoms with Gasteiger partial charge < -0.3 is 4.84 Å². The lowest BCUT2D eigenvalue weighted by atomic mass is 11.0. The summed E-state index contributed by atoms with van der Waals surface area (Å²) in [4.78, 5) is 15.0. The molecule has 0 aliphatic carbocycles. The predicted molar refractivity (Wildman–Crippen MR) is 31.1 cm³/mol. The third-order valence-electron chi connectivity index (χ3n) is 0.742. The second kappa shape index (κ2) is 2.00. The molecule has 1 aromatic rings. The molecule has 8 heavy (non-hydrogen) atoms. The van der Waals surface area contributed by atoms with Gasteiger partial charge in [-0.1, -0.05) is 11.3 Å². The Balaban J connectivity index is 3.11. The lowest BCUT2D eigenvalue weighted by Gasteiger charge is -1.91. The Bertz CT molecular complexity index is 214. The number of nitrogens with zero attached hydrogens (tertiary/aromatic N) is 1. The normalized spacial score (nSPS) is 9.12. The third-order valence-corrected chi connectivity index (χ3v) is 1.38. The van der Waals surface area contributed by atoms with Crippen molar-refractivity contribution in [3.63, 3.8) is 0 Å². The van der Waals surface area contributed by atoms with Gasteiger partial charge in [-0.25, -0.2) is 0 Å². The fraction of sp³-hybridized carbons (Fsp3) is 0.250. The topological polar surface area (TPSA) is 31.2 Å². The Morgan fingerprint density at radius 2 is 2.62 bits per heavy atom. The van der Waals surface area contributed by atoms with Crippen molar-refractivity contribution in [3.8, 4) is 0 Å². The van der Waals surface area contributed by atoms with E-state index in [1.165, 1.54) is 11.8 Å². The smallest absolute Gasteiger partial charge is 0.339 e. The molecular formula is C4H5NO2S. The maximum atomic E-state index is 10.5. The number of hydrogen-bond donors (Lipinski definition) is 0. The van der Waals surface area contributed by atoms with Gasteiger partial charge in [0, 0.05) is 5.38 Å². The molecule has 0 aliphatic heterocycles. The molecule has 0 amide bonds. The first-order chi connectivity index (χ1) is 3.84. The highest BCUT2D eigenvalue weighted by Crippen LogP contribution is 1.83. The number of thiazole rings is 1. The lowest BCUT2D eigenvalue weighted by Crippen LogP contribution is -2.17. The van der Waals surface area contributed by atoms with Crippen LogP contribution in [-0.4, -0.2) is 11.8 Å². The summed E-state index contributed by atoms with van der Waals surface area (Å²) in [5.74, 6) is 0. The van der Waals surface area contributed by atoms with Gasteiger partial charge in [0.05, 0.1) is 6.20 Å². The van der Waals surface area contributed by atoms with Crippen LogP contribution in [0.2, 0.25) is 0 Å². The molecule has 0 N–H and O–H groups in total. The lowest BCUT2D eigenvalue weighted by molar-refractivity contribution is 0.162. The van der Waals surface area contributed by atoms with Gasteiger partial charge in [0.15, 0.2) is 0 Å².